The summed E-state index contributed by atoms with van der Waals surface area (Å²) in [6, 6.07) is -1.02. The normalized spacial score (nSPS) is 46.0. The van der Waals surface area contributed by atoms with Crippen LogP contribution in [0.3, 0.4) is 0 Å². The van der Waals surface area contributed by atoms with Crippen molar-refractivity contribution in [2.24, 2.45) is 28.6 Å². The standard InChI is InChI=1S/C25H31F3O5S.Pb.2H/c1-5-20(31)33-25(21(32)34-12-26)13(2)8-15-16-10-18(27)17-9-14(29)6-7-22(17,3)24(16,28)19(30)11-23(15,25)4;;;/h6-7,9,13,15-16,18-19,30H,5,8,10-12H2,1-4H3;;;/t13-,15+,16+,18+,19+,22+,23+,24+,25+;;;/m1.../s1. The van der Waals surface area contributed by atoms with Gasteiger partial charge in [0.15, 0.2) is 17.1 Å². The van der Waals surface area contributed by atoms with Crippen LogP contribution >= 0.6 is 11.8 Å². The number of esters is 1. The van der Waals surface area contributed by atoms with Crippen molar-refractivity contribution < 1.29 is 37.4 Å². The van der Waals surface area contributed by atoms with Crippen molar-refractivity contribution in [3.8, 4) is 0 Å². The number of aliphatic hydroxyl groups excluding tert-OH is 1. The first kappa shape index (κ1) is 28.9. The van der Waals surface area contributed by atoms with Gasteiger partial charge in [-0.1, -0.05) is 26.8 Å². The van der Waals surface area contributed by atoms with Gasteiger partial charge < -0.3 is 9.84 Å². The molecule has 0 aromatic heterocycles. The Morgan fingerprint density at radius 3 is 2.51 bits per heavy atom. The van der Waals surface area contributed by atoms with Crippen molar-refractivity contribution in [2.45, 2.75) is 76.9 Å². The Bertz CT molecular complexity index is 990. The Morgan fingerprint density at radius 1 is 1.26 bits per heavy atom. The van der Waals surface area contributed by atoms with Crippen molar-refractivity contribution in [2.75, 3.05) is 6.01 Å². The van der Waals surface area contributed by atoms with Crippen molar-refractivity contribution in [3.63, 3.8) is 0 Å². The maximum atomic E-state index is 17.2. The van der Waals surface area contributed by atoms with Gasteiger partial charge in [0.25, 0.3) is 0 Å². The molecule has 2 radical (unpaired) electrons. The van der Waals surface area contributed by atoms with Gasteiger partial charge in [-0.3, -0.25) is 14.4 Å². The van der Waals surface area contributed by atoms with Gasteiger partial charge in [0.2, 0.25) is 5.12 Å². The third-order valence-corrected chi connectivity index (χ3v) is 9.90. The predicted octanol–water partition coefficient (Wildman–Crippen LogP) is 3.51. The summed E-state index contributed by atoms with van der Waals surface area (Å²) in [5, 5.41) is 10.7. The molecule has 1 N–H and O–H groups in total. The van der Waals surface area contributed by atoms with E-state index in [1.54, 1.807) is 20.8 Å². The quantitative estimate of drug-likeness (QED) is 0.356. The Morgan fingerprint density at radius 2 is 1.91 bits per heavy atom. The van der Waals surface area contributed by atoms with Crippen LogP contribution in [0.2, 0.25) is 0 Å². The SMILES string of the molecule is CCC(=O)O[C@]1(C(=O)SCF)[C@H](C)C[C@H]2[C@@H]3C[C@H](F)C4=CC(=O)C=C[C@]4(C)[C@@]3(F)[C@@H](O)C[C@@]21C.[PbH2]. The number of hydrogen-bond acceptors (Lipinski definition) is 6. The summed E-state index contributed by atoms with van der Waals surface area (Å²) in [6.07, 6.45) is 0.160. The van der Waals surface area contributed by atoms with Crippen LogP contribution in [-0.2, 0) is 19.1 Å². The van der Waals surface area contributed by atoms with E-state index >= 15 is 8.78 Å². The van der Waals surface area contributed by atoms with Crippen molar-refractivity contribution in [1.82, 2.24) is 0 Å². The predicted molar refractivity (Wildman–Crippen MR) is 129 cm³/mol. The molecule has 0 aromatic rings. The molecule has 9 atom stereocenters. The molecule has 194 valence electrons. The van der Waals surface area contributed by atoms with Crippen LogP contribution in [0.4, 0.5) is 13.2 Å². The van der Waals surface area contributed by atoms with Crippen LogP contribution in [0, 0.1) is 28.6 Å². The van der Waals surface area contributed by atoms with Crippen molar-refractivity contribution in [3.05, 3.63) is 23.8 Å². The van der Waals surface area contributed by atoms with Gasteiger partial charge in [0.05, 0.1) is 6.10 Å². The zero-order valence-corrected chi connectivity index (χ0v) is 26.8. The Hall–Kier alpha value is -0.688. The molecular formula is C25H33F3O5PbS. The van der Waals surface area contributed by atoms with Gasteiger partial charge in [0.1, 0.15) is 12.2 Å². The maximum absolute atomic E-state index is 17.2. The zero-order valence-electron chi connectivity index (χ0n) is 20.5. The van der Waals surface area contributed by atoms with E-state index in [-0.39, 0.29) is 58.6 Å². The van der Waals surface area contributed by atoms with E-state index in [4.69, 9.17) is 4.74 Å². The molecule has 10 heteroatoms. The summed E-state index contributed by atoms with van der Waals surface area (Å²) < 4.78 is 51.8. The van der Waals surface area contributed by atoms with Gasteiger partial charge in [-0.25, -0.2) is 13.2 Å². The molecule has 4 aliphatic carbocycles. The fraction of sp³-hybridized carbons (Fsp3) is 0.720. The van der Waals surface area contributed by atoms with Crippen molar-refractivity contribution >= 4 is 55.9 Å². The molecule has 0 spiro atoms. The van der Waals surface area contributed by atoms with Crippen LogP contribution in [0.25, 0.3) is 0 Å². The molecule has 0 aromatic carbocycles. The number of allylic oxidation sites excluding steroid dienone is 4. The number of carbonyl (C=O) groups is 3. The number of ether oxygens (including phenoxy) is 1. The van der Waals surface area contributed by atoms with E-state index in [9.17, 15) is 23.9 Å². The fourth-order valence-corrected chi connectivity index (χ4v) is 8.42. The molecule has 0 bridgehead atoms. The molecule has 0 unspecified atom stereocenters. The summed E-state index contributed by atoms with van der Waals surface area (Å²) in [6.45, 7) is 6.45. The molecule has 0 heterocycles. The Kier molecular flexibility index (Phi) is 7.89. The second kappa shape index (κ2) is 9.56. The number of halogens is 3. The van der Waals surface area contributed by atoms with Crippen molar-refractivity contribution in [1.29, 1.82) is 0 Å². The van der Waals surface area contributed by atoms with E-state index in [0.29, 0.717) is 11.8 Å². The third kappa shape index (κ3) is 3.67. The van der Waals surface area contributed by atoms with E-state index in [1.807, 2.05) is 0 Å². The third-order valence-electron chi connectivity index (χ3n) is 9.22. The van der Waals surface area contributed by atoms with Crippen LogP contribution in [0.5, 0.6) is 0 Å². The topological polar surface area (TPSA) is 80.7 Å². The van der Waals surface area contributed by atoms with E-state index < -0.39 is 75.0 Å². The first-order valence-corrected chi connectivity index (χ1v) is 12.7. The van der Waals surface area contributed by atoms with Crippen LogP contribution in [0.15, 0.2) is 23.8 Å². The zero-order chi connectivity index (χ0) is 25.3. The summed E-state index contributed by atoms with van der Waals surface area (Å²) in [5.74, 6) is -3.30. The average Bonchev–Trinajstić information content (AvgIpc) is 2.99. The summed E-state index contributed by atoms with van der Waals surface area (Å²) in [4.78, 5) is 37.8. The van der Waals surface area contributed by atoms with Gasteiger partial charge in [-0.2, -0.15) is 0 Å². The van der Waals surface area contributed by atoms with Gasteiger partial charge in [-0.05, 0) is 61.6 Å². The minimum atomic E-state index is -2.30. The van der Waals surface area contributed by atoms with Crippen LogP contribution in [0.1, 0.15) is 53.4 Å². The second-order valence-electron chi connectivity index (χ2n) is 10.6. The number of hydrogen-bond donors (Lipinski definition) is 1. The number of alkyl halides is 3. The van der Waals surface area contributed by atoms with E-state index in [2.05, 4.69) is 0 Å². The first-order valence-electron chi connectivity index (χ1n) is 11.7. The molecule has 35 heavy (non-hydrogen) atoms. The Labute approximate surface area is 227 Å². The second-order valence-corrected chi connectivity index (χ2v) is 11.5. The Balaban J connectivity index is 0.00000342. The molecule has 4 aliphatic rings. The fourth-order valence-electron chi connectivity index (χ4n) is 7.63. The summed E-state index contributed by atoms with van der Waals surface area (Å²) in [7, 11) is 0. The van der Waals surface area contributed by atoms with Gasteiger partial charge in [-0.15, -0.1) is 0 Å². The van der Waals surface area contributed by atoms with Crippen LogP contribution < -0.4 is 0 Å². The molecule has 3 fully saturated rings. The van der Waals surface area contributed by atoms with Crippen LogP contribution in [-0.4, -0.2) is 78.8 Å². The number of aliphatic hydroxyl groups is 1. The number of fused-ring (bicyclic) bond motifs is 5. The molecule has 0 aliphatic heterocycles. The van der Waals surface area contributed by atoms with E-state index in [0.717, 1.165) is 6.08 Å². The number of carbonyl (C=O) groups excluding carboxylic acids is 3. The molecule has 3 saturated carbocycles. The molecule has 0 amide bonds. The monoisotopic (exact) mass is 710 g/mol. The summed E-state index contributed by atoms with van der Waals surface area (Å²) in [5.41, 5.74) is -6.84. The van der Waals surface area contributed by atoms with E-state index in [1.165, 1.54) is 19.1 Å². The first-order chi connectivity index (χ1) is 15.8. The van der Waals surface area contributed by atoms with Gasteiger partial charge in [0, 0.05) is 29.1 Å². The molecule has 4 rings (SSSR count). The molecule has 0 saturated heterocycles. The number of ketones is 1. The average molecular weight is 710 g/mol. The van der Waals surface area contributed by atoms with Gasteiger partial charge >= 0.3 is 33.3 Å². The molecular weight excluding hydrogens is 677 g/mol. The number of rotatable bonds is 4. The molecule has 5 nitrogen and oxygen atoms in total. The summed E-state index contributed by atoms with van der Waals surface area (Å²) >= 11 is 0.396. The minimum absolute atomic E-state index is 0. The number of thioether (sulfide) groups is 1.